The quantitative estimate of drug-likeness (QED) is 0.743. The van der Waals surface area contributed by atoms with Crippen LogP contribution in [0.5, 0.6) is 0 Å². The molecule has 0 saturated carbocycles. The molecule has 2 heterocycles. The number of aryl methyl sites for hydroxylation is 1. The summed E-state index contributed by atoms with van der Waals surface area (Å²) in [7, 11) is 1.96. The second kappa shape index (κ2) is 8.20. The normalized spacial score (nSPS) is 18.9. The summed E-state index contributed by atoms with van der Waals surface area (Å²) in [5, 5.41) is 0.705. The van der Waals surface area contributed by atoms with Crippen molar-refractivity contribution in [1.82, 2.24) is 4.90 Å². The maximum atomic E-state index is 12.9. The first-order valence-corrected chi connectivity index (χ1v) is 10.2. The fraction of sp³-hybridized carbons (Fsp3) is 0.273. The molecule has 0 aliphatic carbocycles. The highest BCUT2D eigenvalue weighted by molar-refractivity contribution is 8.18. The van der Waals surface area contributed by atoms with Gasteiger partial charge in [0.2, 0.25) is 0 Å². The van der Waals surface area contributed by atoms with Crippen LogP contribution in [0.4, 0.5) is 5.69 Å². The maximum Gasteiger partial charge on any atom is 0.288 e. The number of carbonyl (C=O) groups is 1. The molecular formula is C22H23N3O2S. The molecule has 0 spiro atoms. The molecule has 0 atom stereocenters. The average molecular weight is 394 g/mol. The molecule has 1 amide bonds. The number of aliphatic imine (C=N–C) groups is 1. The van der Waals surface area contributed by atoms with Crippen molar-refractivity contribution in [2.24, 2.45) is 4.99 Å². The number of hydrogen-bond donors (Lipinski definition) is 0. The molecule has 144 valence electrons. The van der Waals surface area contributed by atoms with Crippen LogP contribution in [0.25, 0.3) is 5.70 Å². The third-order valence-corrected chi connectivity index (χ3v) is 6.06. The molecule has 28 heavy (non-hydrogen) atoms. The number of amides is 1. The van der Waals surface area contributed by atoms with Crippen molar-refractivity contribution in [3.8, 4) is 0 Å². The van der Waals surface area contributed by atoms with Gasteiger partial charge < -0.3 is 14.5 Å². The fourth-order valence-corrected chi connectivity index (χ4v) is 4.49. The van der Waals surface area contributed by atoms with Crippen LogP contribution in [0.1, 0.15) is 11.1 Å². The van der Waals surface area contributed by atoms with Gasteiger partial charge in [-0.3, -0.25) is 4.79 Å². The van der Waals surface area contributed by atoms with Crippen LogP contribution >= 0.6 is 11.8 Å². The smallest absolute Gasteiger partial charge is 0.288 e. The van der Waals surface area contributed by atoms with Crippen molar-refractivity contribution < 1.29 is 9.53 Å². The van der Waals surface area contributed by atoms with Crippen LogP contribution in [0.15, 0.2) is 64.5 Å². The minimum Gasteiger partial charge on any atom is -0.378 e. The molecule has 0 bridgehead atoms. The lowest BCUT2D eigenvalue weighted by Gasteiger charge is -2.32. The second-order valence-electron chi connectivity index (χ2n) is 6.79. The van der Waals surface area contributed by atoms with Crippen molar-refractivity contribution >= 4 is 34.2 Å². The van der Waals surface area contributed by atoms with E-state index in [1.54, 1.807) is 0 Å². The van der Waals surface area contributed by atoms with Gasteiger partial charge in [-0.15, -0.1) is 0 Å². The van der Waals surface area contributed by atoms with E-state index >= 15 is 0 Å². The number of carbonyl (C=O) groups excluding carboxylic acids is 1. The minimum atomic E-state index is -0.175. The third kappa shape index (κ3) is 3.70. The van der Waals surface area contributed by atoms with Gasteiger partial charge in [-0.2, -0.15) is 4.99 Å². The largest absolute Gasteiger partial charge is 0.378 e. The van der Waals surface area contributed by atoms with Crippen molar-refractivity contribution in [1.29, 1.82) is 0 Å². The van der Waals surface area contributed by atoms with E-state index in [4.69, 9.17) is 4.74 Å². The van der Waals surface area contributed by atoms with E-state index in [-0.39, 0.29) is 5.91 Å². The van der Waals surface area contributed by atoms with E-state index in [0.717, 1.165) is 35.6 Å². The van der Waals surface area contributed by atoms with E-state index in [9.17, 15) is 4.79 Å². The van der Waals surface area contributed by atoms with Crippen LogP contribution in [0.3, 0.4) is 0 Å². The highest BCUT2D eigenvalue weighted by atomic mass is 32.2. The van der Waals surface area contributed by atoms with E-state index in [1.165, 1.54) is 11.8 Å². The zero-order chi connectivity index (χ0) is 19.5. The van der Waals surface area contributed by atoms with E-state index in [0.29, 0.717) is 23.3 Å². The highest BCUT2D eigenvalue weighted by Gasteiger charge is 2.31. The minimum absolute atomic E-state index is 0.175. The summed E-state index contributed by atoms with van der Waals surface area (Å²) in [6.07, 6.45) is 0. The van der Waals surface area contributed by atoms with Crippen molar-refractivity contribution in [2.75, 3.05) is 38.3 Å². The van der Waals surface area contributed by atoms with Crippen molar-refractivity contribution in [2.45, 2.75) is 6.92 Å². The fourth-order valence-electron chi connectivity index (χ4n) is 3.47. The molecule has 2 aromatic rings. The molecule has 1 saturated heterocycles. The Hall–Kier alpha value is -2.57. The number of thioether (sulfide) groups is 1. The average Bonchev–Trinajstić information content (AvgIpc) is 3.11. The first-order chi connectivity index (χ1) is 13.6. The number of para-hydroxylation sites is 1. The van der Waals surface area contributed by atoms with Gasteiger partial charge >= 0.3 is 0 Å². The predicted molar refractivity (Wildman–Crippen MR) is 115 cm³/mol. The molecule has 0 aromatic heterocycles. The molecular weight excluding hydrogens is 370 g/mol. The molecule has 1 fully saturated rings. The monoisotopic (exact) mass is 393 g/mol. The molecule has 2 aliphatic heterocycles. The van der Waals surface area contributed by atoms with Crippen molar-refractivity contribution in [3.05, 3.63) is 70.6 Å². The SMILES string of the molecule is Cc1ccccc1N(C)C1=NC(=O)C(=C(c2ccccc2)N2CCOCC2)S1. The van der Waals surface area contributed by atoms with E-state index in [2.05, 4.69) is 35.0 Å². The van der Waals surface area contributed by atoms with Crippen LogP contribution in [0.2, 0.25) is 0 Å². The van der Waals surface area contributed by atoms with E-state index < -0.39 is 0 Å². The first-order valence-electron chi connectivity index (χ1n) is 9.38. The summed E-state index contributed by atoms with van der Waals surface area (Å²) < 4.78 is 5.51. The lowest BCUT2D eigenvalue weighted by Crippen LogP contribution is -2.35. The molecule has 4 rings (SSSR count). The summed E-state index contributed by atoms with van der Waals surface area (Å²) in [5.74, 6) is -0.175. The molecule has 6 heteroatoms. The van der Waals surface area contributed by atoms with Crippen LogP contribution in [-0.2, 0) is 9.53 Å². The molecule has 0 N–H and O–H groups in total. The van der Waals surface area contributed by atoms with Gasteiger partial charge in [0.15, 0.2) is 5.17 Å². The van der Waals surface area contributed by atoms with Gasteiger partial charge in [0.25, 0.3) is 5.91 Å². The molecule has 5 nitrogen and oxygen atoms in total. The number of nitrogens with zero attached hydrogens (tertiary/aromatic N) is 3. The topological polar surface area (TPSA) is 45.1 Å². The Morgan fingerprint density at radius 1 is 1.07 bits per heavy atom. The molecule has 2 aromatic carbocycles. The summed E-state index contributed by atoms with van der Waals surface area (Å²) >= 11 is 1.45. The number of anilines is 1. The Morgan fingerprint density at radius 3 is 2.46 bits per heavy atom. The zero-order valence-electron chi connectivity index (χ0n) is 16.1. The predicted octanol–water partition coefficient (Wildman–Crippen LogP) is 3.76. The third-order valence-electron chi connectivity index (χ3n) is 4.94. The number of ether oxygens (including phenoxy) is 1. The van der Waals surface area contributed by atoms with Gasteiger partial charge in [-0.25, -0.2) is 0 Å². The van der Waals surface area contributed by atoms with Crippen LogP contribution in [-0.4, -0.2) is 49.3 Å². The Bertz CT molecular complexity index is 934. The van der Waals surface area contributed by atoms with Crippen LogP contribution < -0.4 is 4.90 Å². The lowest BCUT2D eigenvalue weighted by molar-refractivity contribution is -0.113. The van der Waals surface area contributed by atoms with Gasteiger partial charge in [0.1, 0.15) is 4.91 Å². The standard InChI is InChI=1S/C22H23N3O2S/c1-16-8-6-7-11-18(16)24(2)22-23-21(26)20(28-22)19(17-9-4-3-5-10-17)25-12-14-27-15-13-25/h3-11H,12-15H2,1-2H3. The summed E-state index contributed by atoms with van der Waals surface area (Å²) in [6.45, 7) is 4.93. The van der Waals surface area contributed by atoms with Crippen LogP contribution in [0, 0.1) is 6.92 Å². The second-order valence-corrected chi connectivity index (χ2v) is 7.77. The first kappa shape index (κ1) is 18.8. The number of hydrogen-bond acceptors (Lipinski definition) is 5. The van der Waals surface area contributed by atoms with E-state index in [1.807, 2.05) is 48.3 Å². The summed E-state index contributed by atoms with van der Waals surface area (Å²) in [6, 6.07) is 18.2. The Morgan fingerprint density at radius 2 is 1.75 bits per heavy atom. The number of amidine groups is 1. The summed E-state index contributed by atoms with van der Waals surface area (Å²) in [4.78, 5) is 22.2. The van der Waals surface area contributed by atoms with Gasteiger partial charge in [-0.05, 0) is 35.9 Å². The molecule has 0 unspecified atom stereocenters. The Labute approximate surface area is 169 Å². The number of benzene rings is 2. The van der Waals surface area contributed by atoms with Gasteiger partial charge in [-0.1, -0.05) is 48.5 Å². The van der Waals surface area contributed by atoms with Gasteiger partial charge in [0, 0.05) is 25.8 Å². The maximum absolute atomic E-state index is 12.9. The van der Waals surface area contributed by atoms with Crippen molar-refractivity contribution in [3.63, 3.8) is 0 Å². The lowest BCUT2D eigenvalue weighted by atomic mass is 10.1. The molecule has 2 aliphatic rings. The summed E-state index contributed by atoms with van der Waals surface area (Å²) in [5.41, 5.74) is 4.19. The Kier molecular flexibility index (Phi) is 5.50. The van der Waals surface area contributed by atoms with Gasteiger partial charge in [0.05, 0.1) is 18.9 Å². The Balaban J connectivity index is 1.70. The number of rotatable bonds is 3. The molecule has 0 radical (unpaired) electrons. The number of morpholine rings is 1. The highest BCUT2D eigenvalue weighted by Crippen LogP contribution is 2.38. The zero-order valence-corrected chi connectivity index (χ0v) is 16.9.